The number of alkyl halides is 3. The Bertz CT molecular complexity index is 717. The van der Waals surface area contributed by atoms with Gasteiger partial charge in [-0.2, -0.15) is 13.2 Å². The number of carbonyl (C=O) groups is 1. The maximum absolute atomic E-state index is 12.7. The van der Waals surface area contributed by atoms with Gasteiger partial charge in [-0.05, 0) is 48.7 Å². The SMILES string of the molecule is CC(Cc1ccncc1)(C(=O)O)c1ccc(C(F)(F)F)cc1N. The lowest BCUT2D eigenvalue weighted by molar-refractivity contribution is -0.143. The number of benzene rings is 1. The van der Waals surface area contributed by atoms with Crippen LogP contribution in [0.5, 0.6) is 0 Å². The van der Waals surface area contributed by atoms with Crippen molar-refractivity contribution in [2.45, 2.75) is 24.9 Å². The summed E-state index contributed by atoms with van der Waals surface area (Å²) in [5, 5.41) is 9.61. The number of halogens is 3. The van der Waals surface area contributed by atoms with E-state index in [4.69, 9.17) is 5.73 Å². The Morgan fingerprint density at radius 2 is 1.83 bits per heavy atom. The summed E-state index contributed by atoms with van der Waals surface area (Å²) >= 11 is 0. The fourth-order valence-corrected chi connectivity index (χ4v) is 2.44. The number of aliphatic carboxylic acids is 1. The van der Waals surface area contributed by atoms with E-state index in [1.165, 1.54) is 19.3 Å². The molecule has 1 aromatic heterocycles. The van der Waals surface area contributed by atoms with E-state index in [0.717, 1.165) is 18.2 Å². The molecule has 0 amide bonds. The van der Waals surface area contributed by atoms with E-state index in [9.17, 15) is 23.1 Å². The van der Waals surface area contributed by atoms with Crippen molar-refractivity contribution < 1.29 is 23.1 Å². The molecule has 3 N–H and O–H groups in total. The average Bonchev–Trinajstić information content (AvgIpc) is 2.46. The molecule has 1 aromatic carbocycles. The van der Waals surface area contributed by atoms with E-state index < -0.39 is 23.1 Å². The number of hydrogen-bond donors (Lipinski definition) is 2. The first kappa shape index (κ1) is 16.8. The van der Waals surface area contributed by atoms with Crippen LogP contribution in [0.25, 0.3) is 0 Å². The van der Waals surface area contributed by atoms with Crippen LogP contribution in [0.3, 0.4) is 0 Å². The Morgan fingerprint density at radius 3 is 2.30 bits per heavy atom. The van der Waals surface area contributed by atoms with Crippen LogP contribution in [0.4, 0.5) is 18.9 Å². The van der Waals surface area contributed by atoms with E-state index in [1.807, 2.05) is 0 Å². The van der Waals surface area contributed by atoms with Crippen LogP contribution in [-0.2, 0) is 22.8 Å². The number of rotatable bonds is 4. The van der Waals surface area contributed by atoms with Crippen LogP contribution in [-0.4, -0.2) is 16.1 Å². The molecule has 2 aromatic rings. The minimum atomic E-state index is -4.53. The molecule has 0 fully saturated rings. The normalized spacial score (nSPS) is 14.3. The van der Waals surface area contributed by atoms with Gasteiger partial charge in [0.1, 0.15) is 0 Å². The van der Waals surface area contributed by atoms with Gasteiger partial charge in [0, 0.05) is 18.1 Å². The summed E-state index contributed by atoms with van der Waals surface area (Å²) < 4.78 is 38.2. The van der Waals surface area contributed by atoms with Crippen molar-refractivity contribution in [2.24, 2.45) is 0 Å². The summed E-state index contributed by atoms with van der Waals surface area (Å²) in [5.74, 6) is -1.17. The fraction of sp³-hybridized carbons (Fsp3) is 0.250. The largest absolute Gasteiger partial charge is 0.481 e. The number of carboxylic acid groups (broad SMARTS) is 1. The molecule has 122 valence electrons. The minimum Gasteiger partial charge on any atom is -0.481 e. The predicted molar refractivity (Wildman–Crippen MR) is 78.8 cm³/mol. The van der Waals surface area contributed by atoms with E-state index in [0.29, 0.717) is 5.56 Å². The second-order valence-electron chi connectivity index (χ2n) is 5.47. The Hall–Kier alpha value is -2.57. The Morgan fingerprint density at radius 1 is 1.22 bits per heavy atom. The number of pyridine rings is 1. The third-order valence-electron chi connectivity index (χ3n) is 3.75. The summed E-state index contributed by atoms with van der Waals surface area (Å²) in [6.07, 6.45) is -1.40. The van der Waals surface area contributed by atoms with Crippen LogP contribution in [0, 0.1) is 0 Å². The van der Waals surface area contributed by atoms with Crippen molar-refractivity contribution in [3.63, 3.8) is 0 Å². The number of aromatic nitrogens is 1. The van der Waals surface area contributed by atoms with Crippen molar-refractivity contribution in [1.82, 2.24) is 4.98 Å². The Kier molecular flexibility index (Phi) is 4.31. The molecule has 0 aliphatic heterocycles. The van der Waals surface area contributed by atoms with Gasteiger partial charge >= 0.3 is 12.1 Å². The van der Waals surface area contributed by atoms with Crippen LogP contribution >= 0.6 is 0 Å². The van der Waals surface area contributed by atoms with Gasteiger partial charge in [-0.25, -0.2) is 0 Å². The molecule has 1 heterocycles. The number of carboxylic acids is 1. The van der Waals surface area contributed by atoms with Gasteiger partial charge in [-0.3, -0.25) is 9.78 Å². The molecule has 0 saturated heterocycles. The first-order valence-corrected chi connectivity index (χ1v) is 6.74. The second kappa shape index (κ2) is 5.91. The molecule has 0 saturated carbocycles. The maximum atomic E-state index is 12.7. The molecule has 23 heavy (non-hydrogen) atoms. The summed E-state index contributed by atoms with van der Waals surface area (Å²) in [7, 11) is 0. The quantitative estimate of drug-likeness (QED) is 0.846. The predicted octanol–water partition coefficient (Wildman–Crippen LogP) is 3.27. The van der Waals surface area contributed by atoms with Crippen molar-refractivity contribution >= 4 is 11.7 Å². The van der Waals surface area contributed by atoms with Gasteiger partial charge in [-0.1, -0.05) is 6.07 Å². The van der Waals surface area contributed by atoms with E-state index in [1.54, 1.807) is 12.1 Å². The molecular weight excluding hydrogens is 309 g/mol. The van der Waals surface area contributed by atoms with E-state index in [-0.39, 0.29) is 17.7 Å². The molecule has 0 spiro atoms. The molecule has 2 rings (SSSR count). The van der Waals surface area contributed by atoms with Gasteiger partial charge in [0.05, 0.1) is 11.0 Å². The van der Waals surface area contributed by atoms with Crippen molar-refractivity contribution in [2.75, 3.05) is 5.73 Å². The third-order valence-corrected chi connectivity index (χ3v) is 3.75. The number of nitrogens with zero attached hydrogens (tertiary/aromatic N) is 1. The van der Waals surface area contributed by atoms with E-state index >= 15 is 0 Å². The van der Waals surface area contributed by atoms with Crippen molar-refractivity contribution in [3.05, 3.63) is 59.4 Å². The van der Waals surface area contributed by atoms with Gasteiger partial charge < -0.3 is 10.8 Å². The van der Waals surface area contributed by atoms with Crippen molar-refractivity contribution in [3.8, 4) is 0 Å². The lowest BCUT2D eigenvalue weighted by Crippen LogP contribution is -2.35. The Balaban J connectivity index is 2.48. The number of nitrogen functional groups attached to an aromatic ring is 1. The third kappa shape index (κ3) is 3.44. The highest BCUT2D eigenvalue weighted by Gasteiger charge is 2.38. The highest BCUT2D eigenvalue weighted by atomic mass is 19.4. The molecule has 0 bridgehead atoms. The number of anilines is 1. The monoisotopic (exact) mass is 324 g/mol. The average molecular weight is 324 g/mol. The zero-order valence-corrected chi connectivity index (χ0v) is 12.3. The zero-order valence-electron chi connectivity index (χ0n) is 12.3. The molecular formula is C16H15F3N2O2. The van der Waals surface area contributed by atoms with Crippen LogP contribution in [0.1, 0.15) is 23.6 Å². The summed E-state index contributed by atoms with van der Waals surface area (Å²) in [5.41, 5.74) is 4.01. The molecule has 0 radical (unpaired) electrons. The van der Waals surface area contributed by atoms with Gasteiger partial charge in [0.15, 0.2) is 0 Å². The van der Waals surface area contributed by atoms with Gasteiger partial charge in [-0.15, -0.1) is 0 Å². The lowest BCUT2D eigenvalue weighted by atomic mass is 9.76. The molecule has 7 heteroatoms. The highest BCUT2D eigenvalue weighted by molar-refractivity contribution is 5.83. The lowest BCUT2D eigenvalue weighted by Gasteiger charge is -2.27. The maximum Gasteiger partial charge on any atom is 0.416 e. The standard InChI is InChI=1S/C16H15F3N2O2/c1-15(14(22)23,9-10-4-6-21-7-5-10)12-3-2-11(8-13(12)20)16(17,18)19/h2-8H,9,20H2,1H3,(H,22,23). The van der Waals surface area contributed by atoms with Gasteiger partial charge in [0.25, 0.3) is 0 Å². The number of hydrogen-bond acceptors (Lipinski definition) is 3. The second-order valence-corrected chi connectivity index (χ2v) is 5.47. The van der Waals surface area contributed by atoms with Crippen LogP contribution < -0.4 is 5.73 Å². The van der Waals surface area contributed by atoms with Crippen molar-refractivity contribution in [1.29, 1.82) is 0 Å². The summed E-state index contributed by atoms with van der Waals surface area (Å²) in [4.78, 5) is 15.6. The molecule has 1 atom stereocenters. The molecule has 0 aliphatic rings. The number of nitrogens with two attached hydrogens (primary N) is 1. The zero-order chi connectivity index (χ0) is 17.3. The van der Waals surface area contributed by atoms with E-state index in [2.05, 4.69) is 4.98 Å². The minimum absolute atomic E-state index is 0.0837. The summed E-state index contributed by atoms with van der Waals surface area (Å²) in [6, 6.07) is 6.05. The smallest absolute Gasteiger partial charge is 0.416 e. The summed E-state index contributed by atoms with van der Waals surface area (Å²) in [6.45, 7) is 1.44. The molecule has 1 unspecified atom stereocenters. The Labute approximate surface area is 130 Å². The first-order chi connectivity index (χ1) is 10.6. The first-order valence-electron chi connectivity index (χ1n) is 6.74. The molecule has 0 aliphatic carbocycles. The topological polar surface area (TPSA) is 76.2 Å². The van der Waals surface area contributed by atoms with Crippen LogP contribution in [0.15, 0.2) is 42.7 Å². The fourth-order valence-electron chi connectivity index (χ4n) is 2.44. The molecule has 4 nitrogen and oxygen atoms in total. The van der Waals surface area contributed by atoms with Gasteiger partial charge in [0.2, 0.25) is 0 Å². The highest BCUT2D eigenvalue weighted by Crippen LogP contribution is 2.37. The van der Waals surface area contributed by atoms with Crippen LogP contribution in [0.2, 0.25) is 0 Å².